The molecule has 2 aliphatic rings. The second-order valence-electron chi connectivity index (χ2n) is 7.34. The summed E-state index contributed by atoms with van der Waals surface area (Å²) in [5.41, 5.74) is 0.871. The highest BCUT2D eigenvalue weighted by Crippen LogP contribution is 2.40. The maximum Gasteiger partial charge on any atom is 0.0335 e. The number of hydrogen-bond acceptors (Lipinski definition) is 2. The van der Waals surface area contributed by atoms with E-state index in [0.717, 1.165) is 5.92 Å². The second-order valence-corrected chi connectivity index (χ2v) is 7.34. The van der Waals surface area contributed by atoms with Gasteiger partial charge in [0, 0.05) is 30.7 Å². The first-order chi connectivity index (χ1) is 9.63. The van der Waals surface area contributed by atoms with Gasteiger partial charge in [-0.05, 0) is 31.6 Å². The van der Waals surface area contributed by atoms with Crippen LogP contribution in [0.4, 0.5) is 0 Å². The summed E-state index contributed by atoms with van der Waals surface area (Å²) in [6.45, 7) is 13.3. The van der Waals surface area contributed by atoms with Gasteiger partial charge in [-0.2, -0.15) is 0 Å². The fourth-order valence-electron chi connectivity index (χ4n) is 4.42. The van der Waals surface area contributed by atoms with Crippen LogP contribution in [0.5, 0.6) is 0 Å². The summed E-state index contributed by atoms with van der Waals surface area (Å²) in [5.74, 6) is 0.886. The first kappa shape index (κ1) is 16.3. The molecule has 1 aliphatic heterocycles. The minimum atomic E-state index is 0.375. The predicted molar refractivity (Wildman–Crippen MR) is 88.2 cm³/mol. The number of hydrogen-bond donors (Lipinski definition) is 1. The molecule has 2 rings (SSSR count). The summed E-state index contributed by atoms with van der Waals surface area (Å²) in [7, 11) is 0. The third-order valence-corrected chi connectivity index (χ3v) is 6.48. The Bertz CT molecular complexity index is 286. The van der Waals surface area contributed by atoms with Crippen LogP contribution in [0.1, 0.15) is 79.1 Å². The summed E-state index contributed by atoms with van der Waals surface area (Å²) >= 11 is 0. The van der Waals surface area contributed by atoms with Crippen LogP contribution in [0.25, 0.3) is 0 Å². The highest BCUT2D eigenvalue weighted by Gasteiger charge is 2.47. The molecule has 0 unspecified atom stereocenters. The lowest BCUT2D eigenvalue weighted by atomic mass is 9.81. The fraction of sp³-hybridized carbons (Fsp3) is 1.00. The minimum Gasteiger partial charge on any atom is -0.308 e. The molecule has 2 heteroatoms. The molecule has 1 spiro atoms. The lowest BCUT2D eigenvalue weighted by Gasteiger charge is -2.54. The topological polar surface area (TPSA) is 15.3 Å². The van der Waals surface area contributed by atoms with Gasteiger partial charge < -0.3 is 5.32 Å². The molecular weight excluding hydrogens is 244 g/mol. The van der Waals surface area contributed by atoms with Crippen LogP contribution in [0.2, 0.25) is 0 Å². The molecule has 0 radical (unpaired) electrons. The summed E-state index contributed by atoms with van der Waals surface area (Å²) in [5, 5.41) is 3.96. The first-order valence-electron chi connectivity index (χ1n) is 9.13. The standard InChI is InChI=1S/C18H36N2/c1-5-16(6-2)13-20-15-17(7-3,8-4)19-14-18(20)11-9-10-12-18/h16,19H,5-15H2,1-4H3. The molecule has 0 aromatic rings. The van der Waals surface area contributed by atoms with Crippen LogP contribution >= 0.6 is 0 Å². The highest BCUT2D eigenvalue weighted by molar-refractivity contribution is 5.06. The van der Waals surface area contributed by atoms with Crippen LogP contribution in [0.15, 0.2) is 0 Å². The molecule has 0 amide bonds. The summed E-state index contributed by atoms with van der Waals surface area (Å²) in [6, 6.07) is 0. The molecule has 1 saturated carbocycles. The average molecular weight is 280 g/mol. The second kappa shape index (κ2) is 6.79. The van der Waals surface area contributed by atoms with Crippen LogP contribution in [0.3, 0.4) is 0 Å². The lowest BCUT2D eigenvalue weighted by Crippen LogP contribution is -2.69. The van der Waals surface area contributed by atoms with Crippen molar-refractivity contribution in [2.24, 2.45) is 5.92 Å². The molecule has 1 N–H and O–H groups in total. The molecule has 0 bridgehead atoms. The molecule has 1 aliphatic carbocycles. The molecule has 0 atom stereocenters. The van der Waals surface area contributed by atoms with Crippen molar-refractivity contribution >= 4 is 0 Å². The molecule has 1 saturated heterocycles. The van der Waals surface area contributed by atoms with Crippen molar-refractivity contribution < 1.29 is 0 Å². The summed E-state index contributed by atoms with van der Waals surface area (Å²) in [6.07, 6.45) is 10.9. The van der Waals surface area contributed by atoms with E-state index in [2.05, 4.69) is 37.9 Å². The van der Waals surface area contributed by atoms with Gasteiger partial charge in [0.2, 0.25) is 0 Å². The van der Waals surface area contributed by atoms with Crippen molar-refractivity contribution in [3.05, 3.63) is 0 Å². The van der Waals surface area contributed by atoms with Crippen molar-refractivity contribution in [1.29, 1.82) is 0 Å². The van der Waals surface area contributed by atoms with Crippen molar-refractivity contribution in [3.63, 3.8) is 0 Å². The Hall–Kier alpha value is -0.0800. The van der Waals surface area contributed by atoms with Gasteiger partial charge in [0.15, 0.2) is 0 Å². The molecular formula is C18H36N2. The maximum absolute atomic E-state index is 3.96. The zero-order chi connectivity index (χ0) is 14.6. The SMILES string of the molecule is CCC(CC)CN1CC(CC)(CC)NCC12CCCC2. The van der Waals surface area contributed by atoms with E-state index in [9.17, 15) is 0 Å². The van der Waals surface area contributed by atoms with Gasteiger partial charge in [-0.1, -0.05) is 53.4 Å². The number of nitrogens with zero attached hydrogens (tertiary/aromatic N) is 1. The van der Waals surface area contributed by atoms with E-state index in [0.29, 0.717) is 11.1 Å². The van der Waals surface area contributed by atoms with Crippen molar-refractivity contribution in [2.75, 3.05) is 19.6 Å². The van der Waals surface area contributed by atoms with E-state index < -0.39 is 0 Å². The minimum absolute atomic E-state index is 0.375. The number of rotatable bonds is 6. The predicted octanol–water partition coefficient (Wildman–Crippen LogP) is 4.20. The molecule has 2 nitrogen and oxygen atoms in total. The zero-order valence-electron chi connectivity index (χ0n) is 14.3. The van der Waals surface area contributed by atoms with Gasteiger partial charge in [-0.3, -0.25) is 4.90 Å². The monoisotopic (exact) mass is 280 g/mol. The molecule has 20 heavy (non-hydrogen) atoms. The van der Waals surface area contributed by atoms with Gasteiger partial charge in [0.25, 0.3) is 0 Å². The summed E-state index contributed by atoms with van der Waals surface area (Å²) < 4.78 is 0. The Morgan fingerprint density at radius 3 is 2.10 bits per heavy atom. The van der Waals surface area contributed by atoms with Gasteiger partial charge in [-0.25, -0.2) is 0 Å². The van der Waals surface area contributed by atoms with Crippen LogP contribution in [-0.2, 0) is 0 Å². The van der Waals surface area contributed by atoms with Crippen LogP contribution in [-0.4, -0.2) is 35.6 Å². The molecule has 118 valence electrons. The first-order valence-corrected chi connectivity index (χ1v) is 9.13. The largest absolute Gasteiger partial charge is 0.308 e. The van der Waals surface area contributed by atoms with Gasteiger partial charge in [0.05, 0.1) is 0 Å². The molecule has 1 heterocycles. The maximum atomic E-state index is 3.96. The average Bonchev–Trinajstić information content (AvgIpc) is 2.96. The highest BCUT2D eigenvalue weighted by atomic mass is 15.3. The van der Waals surface area contributed by atoms with Crippen LogP contribution in [0, 0.1) is 5.92 Å². The van der Waals surface area contributed by atoms with E-state index >= 15 is 0 Å². The van der Waals surface area contributed by atoms with Crippen LogP contribution < -0.4 is 5.32 Å². The van der Waals surface area contributed by atoms with E-state index in [-0.39, 0.29) is 0 Å². The Balaban J connectivity index is 2.14. The molecule has 0 aromatic carbocycles. The zero-order valence-corrected chi connectivity index (χ0v) is 14.3. The Morgan fingerprint density at radius 1 is 1.00 bits per heavy atom. The Labute approximate surface area is 126 Å². The fourth-order valence-corrected chi connectivity index (χ4v) is 4.42. The van der Waals surface area contributed by atoms with Gasteiger partial charge >= 0.3 is 0 Å². The van der Waals surface area contributed by atoms with E-state index in [1.165, 1.54) is 71.0 Å². The smallest absolute Gasteiger partial charge is 0.0335 e. The Morgan fingerprint density at radius 2 is 1.60 bits per heavy atom. The normalized spacial score (nSPS) is 25.6. The quantitative estimate of drug-likeness (QED) is 0.784. The van der Waals surface area contributed by atoms with Gasteiger partial charge in [-0.15, -0.1) is 0 Å². The van der Waals surface area contributed by atoms with E-state index in [4.69, 9.17) is 0 Å². The lowest BCUT2D eigenvalue weighted by molar-refractivity contribution is -0.00718. The Kier molecular flexibility index (Phi) is 5.53. The summed E-state index contributed by atoms with van der Waals surface area (Å²) in [4.78, 5) is 2.92. The molecule has 0 aromatic heterocycles. The van der Waals surface area contributed by atoms with Gasteiger partial charge in [0.1, 0.15) is 0 Å². The van der Waals surface area contributed by atoms with Crippen molar-refractivity contribution in [3.8, 4) is 0 Å². The van der Waals surface area contributed by atoms with Crippen molar-refractivity contribution in [1.82, 2.24) is 10.2 Å². The van der Waals surface area contributed by atoms with E-state index in [1.54, 1.807) is 0 Å². The number of piperazine rings is 1. The third-order valence-electron chi connectivity index (χ3n) is 6.48. The van der Waals surface area contributed by atoms with Crippen molar-refractivity contribution in [2.45, 2.75) is 90.1 Å². The number of nitrogens with one attached hydrogen (secondary N) is 1. The third kappa shape index (κ3) is 3.06. The molecule has 2 fully saturated rings. The van der Waals surface area contributed by atoms with E-state index in [1.807, 2.05) is 0 Å².